The van der Waals surface area contributed by atoms with Crippen molar-refractivity contribution in [3.05, 3.63) is 4.88 Å². The molecular formula is C12H20N4O2S2. The molecule has 2 unspecified atom stereocenters. The van der Waals surface area contributed by atoms with Gasteiger partial charge in [-0.3, -0.25) is 9.00 Å². The first kappa shape index (κ1) is 15.2. The van der Waals surface area contributed by atoms with Gasteiger partial charge in [0, 0.05) is 41.9 Å². The summed E-state index contributed by atoms with van der Waals surface area (Å²) >= 11 is 1.33. The monoisotopic (exact) mass is 316 g/mol. The van der Waals surface area contributed by atoms with Crippen LogP contribution in [0.3, 0.4) is 0 Å². The Hall–Kier alpha value is -1.15. The number of amides is 1. The molecule has 112 valence electrons. The summed E-state index contributed by atoms with van der Waals surface area (Å²) in [5, 5.41) is 3.63. The van der Waals surface area contributed by atoms with Crippen molar-refractivity contribution in [2.45, 2.75) is 25.8 Å². The Morgan fingerprint density at radius 3 is 2.80 bits per heavy atom. The summed E-state index contributed by atoms with van der Waals surface area (Å²) in [6, 6.07) is -0.148. The second-order valence-electron chi connectivity index (χ2n) is 5.02. The minimum atomic E-state index is -0.937. The number of nitrogens with zero attached hydrogens (tertiary/aromatic N) is 2. The highest BCUT2D eigenvalue weighted by Gasteiger charge is 2.22. The Kier molecular flexibility index (Phi) is 4.98. The van der Waals surface area contributed by atoms with Gasteiger partial charge in [0.1, 0.15) is 10.7 Å². The number of aromatic nitrogens is 1. The zero-order valence-electron chi connectivity index (χ0n) is 11.7. The van der Waals surface area contributed by atoms with Crippen molar-refractivity contribution in [1.82, 2.24) is 10.3 Å². The van der Waals surface area contributed by atoms with Gasteiger partial charge in [0.2, 0.25) is 0 Å². The SMILES string of the molecule is CC(CS(C)=O)NC(=O)c1sc(N2CCCC2)nc1N. The van der Waals surface area contributed by atoms with Crippen LogP contribution in [0.4, 0.5) is 10.9 Å². The third kappa shape index (κ3) is 3.69. The van der Waals surface area contributed by atoms with Crippen LogP contribution in [0.2, 0.25) is 0 Å². The van der Waals surface area contributed by atoms with E-state index in [1.807, 2.05) is 6.92 Å². The molecule has 1 aromatic heterocycles. The Morgan fingerprint density at radius 2 is 2.20 bits per heavy atom. The normalized spacial score (nSPS) is 18.0. The molecule has 2 heterocycles. The van der Waals surface area contributed by atoms with Gasteiger partial charge in [0.05, 0.1) is 0 Å². The molecule has 0 saturated carbocycles. The number of hydrogen-bond acceptors (Lipinski definition) is 6. The Morgan fingerprint density at radius 1 is 1.55 bits per heavy atom. The molecule has 20 heavy (non-hydrogen) atoms. The number of nitrogen functional groups attached to an aromatic ring is 1. The summed E-state index contributed by atoms with van der Waals surface area (Å²) in [4.78, 5) is 19.0. The maximum atomic E-state index is 12.1. The zero-order chi connectivity index (χ0) is 14.7. The van der Waals surface area contributed by atoms with E-state index in [4.69, 9.17) is 5.73 Å². The fraction of sp³-hybridized carbons (Fsp3) is 0.667. The van der Waals surface area contributed by atoms with E-state index in [-0.39, 0.29) is 17.8 Å². The number of carbonyl (C=O) groups is 1. The zero-order valence-corrected chi connectivity index (χ0v) is 13.4. The van der Waals surface area contributed by atoms with E-state index >= 15 is 0 Å². The Bertz CT molecular complexity index is 512. The lowest BCUT2D eigenvalue weighted by Crippen LogP contribution is -2.36. The summed E-state index contributed by atoms with van der Waals surface area (Å²) in [5.41, 5.74) is 5.84. The predicted octanol–water partition coefficient (Wildman–Crippen LogP) is 0.822. The average molecular weight is 316 g/mol. The van der Waals surface area contributed by atoms with Crippen LogP contribution in [-0.2, 0) is 10.8 Å². The molecule has 0 aliphatic carbocycles. The molecular weight excluding hydrogens is 296 g/mol. The van der Waals surface area contributed by atoms with Crippen LogP contribution in [-0.4, -0.2) is 46.2 Å². The molecule has 3 N–H and O–H groups in total. The Balaban J connectivity index is 2.04. The smallest absolute Gasteiger partial charge is 0.265 e. The summed E-state index contributed by atoms with van der Waals surface area (Å²) in [5.74, 6) is 0.478. The highest BCUT2D eigenvalue weighted by Crippen LogP contribution is 2.30. The number of carbonyl (C=O) groups excluding carboxylic acids is 1. The van der Waals surface area contributed by atoms with E-state index in [9.17, 15) is 9.00 Å². The van der Waals surface area contributed by atoms with Gasteiger partial charge in [-0.2, -0.15) is 0 Å². The highest BCUT2D eigenvalue weighted by atomic mass is 32.2. The number of nitrogens with one attached hydrogen (secondary N) is 1. The maximum Gasteiger partial charge on any atom is 0.265 e. The summed E-state index contributed by atoms with van der Waals surface area (Å²) in [6.07, 6.45) is 3.93. The second-order valence-corrected chi connectivity index (χ2v) is 7.48. The lowest BCUT2D eigenvalue weighted by atomic mass is 10.3. The molecule has 1 saturated heterocycles. The van der Waals surface area contributed by atoms with E-state index in [0.29, 0.717) is 10.6 Å². The third-order valence-electron chi connectivity index (χ3n) is 3.09. The molecule has 6 nitrogen and oxygen atoms in total. The molecule has 1 aliphatic heterocycles. The fourth-order valence-corrected chi connectivity index (χ4v) is 3.94. The van der Waals surface area contributed by atoms with Crippen molar-refractivity contribution in [3.63, 3.8) is 0 Å². The lowest BCUT2D eigenvalue weighted by Gasteiger charge is -2.12. The molecule has 0 bridgehead atoms. The molecule has 1 aromatic rings. The number of rotatable bonds is 5. The predicted molar refractivity (Wildman–Crippen MR) is 83.8 cm³/mol. The Labute approximate surface area is 125 Å². The minimum absolute atomic E-state index is 0.148. The van der Waals surface area contributed by atoms with Crippen molar-refractivity contribution >= 4 is 39.0 Å². The first-order valence-corrected chi connectivity index (χ1v) is 9.14. The molecule has 0 spiro atoms. The summed E-state index contributed by atoms with van der Waals surface area (Å²) in [7, 11) is -0.937. The number of anilines is 2. The molecule has 1 aliphatic rings. The lowest BCUT2D eigenvalue weighted by molar-refractivity contribution is 0.0948. The van der Waals surface area contributed by atoms with Gasteiger partial charge in [-0.15, -0.1) is 0 Å². The van der Waals surface area contributed by atoms with Crippen LogP contribution in [0.25, 0.3) is 0 Å². The van der Waals surface area contributed by atoms with Crippen molar-refractivity contribution in [1.29, 1.82) is 0 Å². The molecule has 0 aromatic carbocycles. The van der Waals surface area contributed by atoms with Crippen LogP contribution >= 0.6 is 11.3 Å². The van der Waals surface area contributed by atoms with Crippen molar-refractivity contribution in [3.8, 4) is 0 Å². The van der Waals surface area contributed by atoms with Gasteiger partial charge in [0.25, 0.3) is 5.91 Å². The molecule has 1 amide bonds. The van der Waals surface area contributed by atoms with Gasteiger partial charge in [-0.05, 0) is 19.8 Å². The molecule has 2 rings (SSSR count). The molecule has 8 heteroatoms. The number of nitrogens with two attached hydrogens (primary N) is 1. The van der Waals surface area contributed by atoms with Crippen LogP contribution in [0, 0.1) is 0 Å². The molecule has 2 atom stereocenters. The van der Waals surface area contributed by atoms with Crippen molar-refractivity contribution < 1.29 is 9.00 Å². The summed E-state index contributed by atoms with van der Waals surface area (Å²) < 4.78 is 11.1. The highest BCUT2D eigenvalue weighted by molar-refractivity contribution is 7.84. The topological polar surface area (TPSA) is 88.3 Å². The van der Waals surface area contributed by atoms with Crippen LogP contribution < -0.4 is 16.0 Å². The van der Waals surface area contributed by atoms with Gasteiger partial charge < -0.3 is 16.0 Å². The van der Waals surface area contributed by atoms with E-state index in [1.165, 1.54) is 11.3 Å². The van der Waals surface area contributed by atoms with E-state index in [2.05, 4.69) is 15.2 Å². The molecule has 0 radical (unpaired) electrons. The standard InChI is InChI=1S/C12H20N4O2S2/c1-8(7-20(2)18)14-11(17)9-10(13)15-12(19-9)16-5-3-4-6-16/h8H,3-7,13H2,1-2H3,(H,14,17). The first-order chi connectivity index (χ1) is 9.47. The van der Waals surface area contributed by atoms with Gasteiger partial charge >= 0.3 is 0 Å². The van der Waals surface area contributed by atoms with E-state index in [1.54, 1.807) is 6.26 Å². The van der Waals surface area contributed by atoms with Gasteiger partial charge in [-0.25, -0.2) is 4.98 Å². The minimum Gasteiger partial charge on any atom is -0.382 e. The number of thiazole rings is 1. The third-order valence-corrected chi connectivity index (χ3v) is 5.19. The largest absolute Gasteiger partial charge is 0.382 e. The quantitative estimate of drug-likeness (QED) is 0.840. The second kappa shape index (κ2) is 6.53. The van der Waals surface area contributed by atoms with Crippen molar-refractivity contribution in [2.24, 2.45) is 0 Å². The summed E-state index contributed by atoms with van der Waals surface area (Å²) in [6.45, 7) is 3.77. The van der Waals surface area contributed by atoms with E-state index < -0.39 is 10.8 Å². The van der Waals surface area contributed by atoms with Crippen LogP contribution in [0.1, 0.15) is 29.4 Å². The first-order valence-electron chi connectivity index (χ1n) is 6.59. The van der Waals surface area contributed by atoms with Crippen molar-refractivity contribution in [2.75, 3.05) is 35.7 Å². The van der Waals surface area contributed by atoms with Crippen LogP contribution in [0.15, 0.2) is 0 Å². The van der Waals surface area contributed by atoms with E-state index in [0.717, 1.165) is 31.1 Å². The van der Waals surface area contributed by atoms with Gasteiger partial charge in [-0.1, -0.05) is 11.3 Å². The average Bonchev–Trinajstić information content (AvgIpc) is 2.95. The van der Waals surface area contributed by atoms with Gasteiger partial charge in [0.15, 0.2) is 5.13 Å². The molecule has 1 fully saturated rings. The van der Waals surface area contributed by atoms with Crippen LogP contribution in [0.5, 0.6) is 0 Å². The number of hydrogen-bond donors (Lipinski definition) is 2. The maximum absolute atomic E-state index is 12.1. The fourth-order valence-electron chi connectivity index (χ4n) is 2.21.